The highest BCUT2D eigenvalue weighted by Gasteiger charge is 2.36. The molecular weight excluding hydrogens is 450 g/mol. The molecule has 1 saturated heterocycles. The molecule has 0 spiro atoms. The van der Waals surface area contributed by atoms with Gasteiger partial charge >= 0.3 is 0 Å². The van der Waals surface area contributed by atoms with Gasteiger partial charge in [-0.1, -0.05) is 24.3 Å². The first-order valence-corrected chi connectivity index (χ1v) is 12.8. The second-order valence-electron chi connectivity index (χ2n) is 9.81. The maximum Gasteiger partial charge on any atom is 0.227 e. The van der Waals surface area contributed by atoms with Gasteiger partial charge in [0.25, 0.3) is 0 Å². The van der Waals surface area contributed by atoms with Crippen molar-refractivity contribution in [2.24, 2.45) is 0 Å². The van der Waals surface area contributed by atoms with Crippen molar-refractivity contribution < 1.29 is 9.59 Å². The summed E-state index contributed by atoms with van der Waals surface area (Å²) in [6, 6.07) is 16.6. The minimum Gasteiger partial charge on any atom is -0.336 e. The van der Waals surface area contributed by atoms with Crippen LogP contribution in [0, 0.1) is 0 Å². The Morgan fingerprint density at radius 3 is 2.47 bits per heavy atom. The predicted molar refractivity (Wildman–Crippen MR) is 139 cm³/mol. The molecule has 2 unspecified atom stereocenters. The standard InChI is InChI=1S/C29H33N5O2/c1-22(35)33-16-12-26-8-9-27(34(26)19-23-10-14-30-15-11-23)21-32(20-25-6-2-3-7-28(25)33)29(36)17-24-5-4-13-31-18-24/h2-7,10-11,13-15,18,26-27H,8-9,12,16-17,19-21H2,1H3. The van der Waals surface area contributed by atoms with Crippen LogP contribution in [0.4, 0.5) is 5.69 Å². The zero-order valence-corrected chi connectivity index (χ0v) is 20.8. The van der Waals surface area contributed by atoms with Gasteiger partial charge in [-0.25, -0.2) is 0 Å². The Balaban J connectivity index is 1.49. The molecule has 2 aliphatic rings. The Morgan fingerprint density at radius 2 is 1.69 bits per heavy atom. The lowest BCUT2D eigenvalue weighted by Gasteiger charge is -2.34. The van der Waals surface area contributed by atoms with E-state index >= 15 is 0 Å². The molecule has 3 aromatic rings. The Hall–Kier alpha value is -3.58. The van der Waals surface area contributed by atoms with Gasteiger partial charge in [0.15, 0.2) is 0 Å². The van der Waals surface area contributed by atoms with Gasteiger partial charge in [-0.2, -0.15) is 0 Å². The van der Waals surface area contributed by atoms with Gasteiger partial charge < -0.3 is 9.80 Å². The molecule has 2 atom stereocenters. The number of benzene rings is 1. The molecule has 36 heavy (non-hydrogen) atoms. The number of nitrogens with zero attached hydrogens (tertiary/aromatic N) is 5. The van der Waals surface area contributed by atoms with Gasteiger partial charge in [-0.15, -0.1) is 0 Å². The van der Waals surface area contributed by atoms with Gasteiger partial charge in [0.05, 0.1) is 6.42 Å². The third kappa shape index (κ3) is 5.46. The minimum absolute atomic E-state index is 0.0326. The summed E-state index contributed by atoms with van der Waals surface area (Å²) in [5.74, 6) is 0.115. The van der Waals surface area contributed by atoms with Crippen LogP contribution in [0.25, 0.3) is 0 Å². The summed E-state index contributed by atoms with van der Waals surface area (Å²) in [6.07, 6.45) is 10.5. The van der Waals surface area contributed by atoms with Crippen molar-refractivity contribution in [1.82, 2.24) is 19.8 Å². The van der Waals surface area contributed by atoms with Gasteiger partial charge in [0.2, 0.25) is 11.8 Å². The summed E-state index contributed by atoms with van der Waals surface area (Å²) in [5, 5.41) is 0. The third-order valence-corrected chi connectivity index (χ3v) is 7.46. The number of carbonyl (C=O) groups excluding carboxylic acids is 2. The van der Waals surface area contributed by atoms with Crippen LogP contribution >= 0.6 is 0 Å². The fourth-order valence-electron chi connectivity index (χ4n) is 5.62. The Bertz CT molecular complexity index is 1190. The maximum atomic E-state index is 13.7. The molecule has 2 aromatic heterocycles. The van der Waals surface area contributed by atoms with E-state index in [0.717, 1.165) is 42.6 Å². The van der Waals surface area contributed by atoms with Crippen molar-refractivity contribution >= 4 is 17.5 Å². The number of anilines is 1. The van der Waals surface area contributed by atoms with Crippen LogP contribution in [-0.2, 0) is 29.1 Å². The second kappa shape index (κ2) is 11.0. The molecule has 2 amide bonds. The third-order valence-electron chi connectivity index (χ3n) is 7.46. The second-order valence-corrected chi connectivity index (χ2v) is 9.81. The Morgan fingerprint density at radius 1 is 0.889 bits per heavy atom. The normalized spacial score (nSPS) is 20.5. The Kier molecular flexibility index (Phi) is 7.37. The molecule has 7 heteroatoms. The highest BCUT2D eigenvalue weighted by Crippen LogP contribution is 2.32. The number of hydrogen-bond donors (Lipinski definition) is 0. The van der Waals surface area contributed by atoms with Gasteiger partial charge in [-0.05, 0) is 60.2 Å². The van der Waals surface area contributed by atoms with Crippen molar-refractivity contribution in [2.75, 3.05) is 18.0 Å². The molecule has 0 saturated carbocycles. The summed E-state index contributed by atoms with van der Waals surface area (Å²) >= 11 is 0. The van der Waals surface area contributed by atoms with E-state index < -0.39 is 0 Å². The van der Waals surface area contributed by atoms with Crippen LogP contribution in [0.1, 0.15) is 42.9 Å². The molecule has 186 valence electrons. The SMILES string of the molecule is CC(=O)N1CCC2CCC(CN(C(=O)Cc3cccnc3)Cc3ccccc31)N2Cc1ccncc1. The van der Waals surface area contributed by atoms with E-state index in [1.165, 1.54) is 5.56 Å². The van der Waals surface area contributed by atoms with Gasteiger partial charge in [0, 0.05) is 75.7 Å². The fourth-order valence-corrected chi connectivity index (χ4v) is 5.62. The lowest BCUT2D eigenvalue weighted by molar-refractivity contribution is -0.132. The van der Waals surface area contributed by atoms with Crippen LogP contribution in [0.5, 0.6) is 0 Å². The molecule has 7 nitrogen and oxygen atoms in total. The van der Waals surface area contributed by atoms with E-state index in [1.807, 2.05) is 58.6 Å². The molecule has 0 aliphatic carbocycles. The van der Waals surface area contributed by atoms with Crippen LogP contribution < -0.4 is 4.90 Å². The molecule has 1 fully saturated rings. The Labute approximate surface area is 212 Å². The minimum atomic E-state index is 0.0326. The van der Waals surface area contributed by atoms with E-state index in [0.29, 0.717) is 32.1 Å². The summed E-state index contributed by atoms with van der Waals surface area (Å²) in [4.78, 5) is 41.2. The zero-order chi connectivity index (χ0) is 24.9. The number of hydrogen-bond acceptors (Lipinski definition) is 5. The summed E-state index contributed by atoms with van der Waals surface area (Å²) < 4.78 is 0. The number of fused-ring (bicyclic) bond motifs is 3. The van der Waals surface area contributed by atoms with Crippen LogP contribution in [-0.4, -0.2) is 56.8 Å². The molecule has 1 aromatic carbocycles. The van der Waals surface area contributed by atoms with Crippen LogP contribution in [0.2, 0.25) is 0 Å². The topological polar surface area (TPSA) is 69.6 Å². The molecule has 0 N–H and O–H groups in total. The predicted octanol–water partition coefficient (Wildman–Crippen LogP) is 3.84. The zero-order valence-electron chi connectivity index (χ0n) is 20.8. The van der Waals surface area contributed by atoms with Gasteiger partial charge in [-0.3, -0.25) is 24.5 Å². The highest BCUT2D eigenvalue weighted by molar-refractivity contribution is 5.92. The number of pyridine rings is 2. The summed E-state index contributed by atoms with van der Waals surface area (Å²) in [5.41, 5.74) is 4.04. The van der Waals surface area contributed by atoms with Crippen molar-refractivity contribution in [1.29, 1.82) is 0 Å². The van der Waals surface area contributed by atoms with Crippen molar-refractivity contribution in [3.8, 4) is 0 Å². The molecule has 2 bridgehead atoms. The number of aromatic nitrogens is 2. The van der Waals surface area contributed by atoms with Crippen molar-refractivity contribution in [3.63, 3.8) is 0 Å². The van der Waals surface area contributed by atoms with E-state index in [4.69, 9.17) is 0 Å². The van der Waals surface area contributed by atoms with E-state index in [2.05, 4.69) is 27.0 Å². The molecule has 0 radical (unpaired) electrons. The molecular formula is C29H33N5O2. The first-order valence-electron chi connectivity index (χ1n) is 12.8. The number of rotatable bonds is 4. The molecule has 2 aliphatic heterocycles. The summed E-state index contributed by atoms with van der Waals surface area (Å²) in [7, 11) is 0. The van der Waals surface area contributed by atoms with Crippen LogP contribution in [0.15, 0.2) is 73.3 Å². The number of carbonyl (C=O) groups is 2. The molecule has 4 heterocycles. The average Bonchev–Trinajstić information content (AvgIpc) is 3.25. The average molecular weight is 484 g/mol. The quantitative estimate of drug-likeness (QED) is 0.564. The smallest absolute Gasteiger partial charge is 0.227 e. The first kappa shape index (κ1) is 24.1. The summed E-state index contributed by atoms with van der Waals surface area (Å²) in [6.45, 7) is 4.25. The highest BCUT2D eigenvalue weighted by atomic mass is 16.2. The van der Waals surface area contributed by atoms with Gasteiger partial charge in [0.1, 0.15) is 0 Å². The van der Waals surface area contributed by atoms with E-state index in [9.17, 15) is 9.59 Å². The van der Waals surface area contributed by atoms with E-state index in [1.54, 1.807) is 19.3 Å². The van der Waals surface area contributed by atoms with Crippen LogP contribution in [0.3, 0.4) is 0 Å². The first-order chi connectivity index (χ1) is 17.6. The van der Waals surface area contributed by atoms with E-state index in [-0.39, 0.29) is 17.9 Å². The largest absolute Gasteiger partial charge is 0.336 e. The fraction of sp³-hybridized carbons (Fsp3) is 0.379. The monoisotopic (exact) mass is 483 g/mol. The lowest BCUT2D eigenvalue weighted by Crippen LogP contribution is -2.45. The van der Waals surface area contributed by atoms with Crippen molar-refractivity contribution in [3.05, 3.63) is 90.0 Å². The number of amides is 2. The lowest BCUT2D eigenvalue weighted by atomic mass is 10.1. The maximum absolute atomic E-state index is 13.7. The number of para-hydroxylation sites is 1. The van der Waals surface area contributed by atoms with Crippen molar-refractivity contribution in [2.45, 2.75) is 57.8 Å². The molecule has 5 rings (SSSR count).